The van der Waals surface area contributed by atoms with Crippen molar-refractivity contribution in [2.24, 2.45) is 0 Å². The van der Waals surface area contributed by atoms with Gasteiger partial charge in [-0.1, -0.05) is 45.9 Å². The van der Waals surface area contributed by atoms with Crippen LogP contribution in [0.1, 0.15) is 39.7 Å². The Morgan fingerprint density at radius 2 is 1.88 bits per heavy atom. The van der Waals surface area contributed by atoms with Gasteiger partial charge in [0.05, 0.1) is 6.61 Å². The molecular formula is C14H20O3. The van der Waals surface area contributed by atoms with Crippen LogP contribution in [0.3, 0.4) is 0 Å². The summed E-state index contributed by atoms with van der Waals surface area (Å²) in [6, 6.07) is 7.53. The molecule has 0 saturated carbocycles. The van der Waals surface area contributed by atoms with Crippen molar-refractivity contribution in [3.63, 3.8) is 0 Å². The number of rotatable bonds is 3. The van der Waals surface area contributed by atoms with E-state index in [1.807, 2.05) is 25.1 Å². The van der Waals surface area contributed by atoms with Gasteiger partial charge in [0, 0.05) is 5.56 Å². The Morgan fingerprint density at radius 1 is 1.24 bits per heavy atom. The molecule has 0 atom stereocenters. The summed E-state index contributed by atoms with van der Waals surface area (Å²) in [6.45, 7) is 8.55. The zero-order valence-corrected chi connectivity index (χ0v) is 10.9. The summed E-state index contributed by atoms with van der Waals surface area (Å²) in [5.74, 6) is 0.570. The van der Waals surface area contributed by atoms with Crippen LogP contribution in [-0.2, 0) is 10.2 Å². The highest BCUT2D eigenvalue weighted by molar-refractivity contribution is 5.64. The van der Waals surface area contributed by atoms with E-state index in [4.69, 9.17) is 9.47 Å². The van der Waals surface area contributed by atoms with Gasteiger partial charge < -0.3 is 9.47 Å². The molecule has 1 aromatic rings. The van der Waals surface area contributed by atoms with E-state index in [1.165, 1.54) is 0 Å². The van der Waals surface area contributed by atoms with E-state index >= 15 is 0 Å². The Kier molecular flexibility index (Phi) is 4.55. The molecule has 0 unspecified atom stereocenters. The number of para-hydroxylation sites is 1. The minimum absolute atomic E-state index is 0.0678. The molecule has 17 heavy (non-hydrogen) atoms. The first-order valence-electron chi connectivity index (χ1n) is 5.89. The first-order chi connectivity index (χ1) is 7.95. The largest absolute Gasteiger partial charge is 0.513 e. The van der Waals surface area contributed by atoms with E-state index in [-0.39, 0.29) is 5.41 Å². The second-order valence-corrected chi connectivity index (χ2v) is 4.95. The van der Waals surface area contributed by atoms with Crippen molar-refractivity contribution < 1.29 is 14.3 Å². The van der Waals surface area contributed by atoms with Crippen molar-refractivity contribution in [3.05, 3.63) is 29.8 Å². The van der Waals surface area contributed by atoms with Crippen LogP contribution in [0.25, 0.3) is 0 Å². The zero-order valence-electron chi connectivity index (χ0n) is 10.9. The van der Waals surface area contributed by atoms with E-state index in [2.05, 4.69) is 20.8 Å². The predicted octanol–water partition coefficient (Wildman–Crippen LogP) is 3.91. The molecule has 1 rings (SSSR count). The number of hydrogen-bond acceptors (Lipinski definition) is 3. The summed E-state index contributed by atoms with van der Waals surface area (Å²) in [5, 5.41) is 0. The molecule has 0 heterocycles. The maximum atomic E-state index is 11.4. The third-order valence-electron chi connectivity index (χ3n) is 2.31. The Balaban J connectivity index is 2.81. The van der Waals surface area contributed by atoms with E-state index in [0.717, 1.165) is 12.0 Å². The van der Waals surface area contributed by atoms with E-state index in [0.29, 0.717) is 12.4 Å². The molecule has 0 amide bonds. The molecule has 0 aliphatic heterocycles. The highest BCUT2D eigenvalue weighted by Crippen LogP contribution is 2.31. The van der Waals surface area contributed by atoms with E-state index in [1.54, 1.807) is 6.07 Å². The van der Waals surface area contributed by atoms with Crippen LogP contribution in [0.15, 0.2) is 24.3 Å². The lowest BCUT2D eigenvalue weighted by Gasteiger charge is -2.21. The Labute approximate surface area is 103 Å². The average molecular weight is 236 g/mol. The number of benzene rings is 1. The van der Waals surface area contributed by atoms with Crippen molar-refractivity contribution in [3.8, 4) is 5.75 Å². The van der Waals surface area contributed by atoms with Crippen LogP contribution >= 0.6 is 0 Å². The quantitative estimate of drug-likeness (QED) is 0.589. The summed E-state index contributed by atoms with van der Waals surface area (Å²) >= 11 is 0. The van der Waals surface area contributed by atoms with Gasteiger partial charge in [0.1, 0.15) is 5.75 Å². The van der Waals surface area contributed by atoms with Crippen molar-refractivity contribution >= 4 is 6.16 Å². The van der Waals surface area contributed by atoms with Gasteiger partial charge in [-0.3, -0.25) is 0 Å². The second-order valence-electron chi connectivity index (χ2n) is 4.95. The van der Waals surface area contributed by atoms with Gasteiger partial charge in [-0.05, 0) is 17.9 Å². The topological polar surface area (TPSA) is 35.5 Å². The normalized spacial score (nSPS) is 11.1. The molecule has 94 valence electrons. The summed E-state index contributed by atoms with van der Waals surface area (Å²) in [6.07, 6.45) is 0.152. The second kappa shape index (κ2) is 5.71. The smallest absolute Gasteiger partial charge is 0.434 e. The lowest BCUT2D eigenvalue weighted by atomic mass is 9.86. The zero-order chi connectivity index (χ0) is 12.9. The molecule has 0 aliphatic carbocycles. The third-order valence-corrected chi connectivity index (χ3v) is 2.31. The molecule has 0 N–H and O–H groups in total. The average Bonchev–Trinajstić information content (AvgIpc) is 2.25. The fourth-order valence-electron chi connectivity index (χ4n) is 1.48. The highest BCUT2D eigenvalue weighted by Gasteiger charge is 2.20. The lowest BCUT2D eigenvalue weighted by molar-refractivity contribution is 0.0985. The SMILES string of the molecule is CCCOC(=O)Oc1ccccc1C(C)(C)C. The van der Waals surface area contributed by atoms with Crippen LogP contribution in [0.5, 0.6) is 5.75 Å². The van der Waals surface area contributed by atoms with Gasteiger partial charge >= 0.3 is 6.16 Å². The van der Waals surface area contributed by atoms with Crippen molar-refractivity contribution in [1.29, 1.82) is 0 Å². The molecular weight excluding hydrogens is 216 g/mol. The summed E-state index contributed by atoms with van der Waals surface area (Å²) in [4.78, 5) is 11.4. The number of ether oxygens (including phenoxy) is 2. The Morgan fingerprint density at radius 3 is 2.47 bits per heavy atom. The van der Waals surface area contributed by atoms with Crippen LogP contribution in [0.4, 0.5) is 4.79 Å². The molecule has 0 radical (unpaired) electrons. The molecule has 3 heteroatoms. The van der Waals surface area contributed by atoms with Crippen LogP contribution < -0.4 is 4.74 Å². The maximum absolute atomic E-state index is 11.4. The van der Waals surface area contributed by atoms with Gasteiger partial charge in [-0.15, -0.1) is 0 Å². The van der Waals surface area contributed by atoms with E-state index in [9.17, 15) is 4.79 Å². The number of carbonyl (C=O) groups is 1. The minimum atomic E-state index is -0.636. The molecule has 0 spiro atoms. The van der Waals surface area contributed by atoms with Gasteiger partial charge in [0.2, 0.25) is 0 Å². The molecule has 0 bridgehead atoms. The predicted molar refractivity (Wildman–Crippen MR) is 67.4 cm³/mol. The first-order valence-corrected chi connectivity index (χ1v) is 5.89. The van der Waals surface area contributed by atoms with Crippen molar-refractivity contribution in [2.45, 2.75) is 39.5 Å². The molecule has 0 aliphatic rings. The molecule has 0 aromatic heterocycles. The van der Waals surface area contributed by atoms with Gasteiger partial charge in [0.25, 0.3) is 0 Å². The summed E-state index contributed by atoms with van der Waals surface area (Å²) in [5.41, 5.74) is 0.926. The molecule has 0 fully saturated rings. The van der Waals surface area contributed by atoms with Crippen LogP contribution in [0.2, 0.25) is 0 Å². The van der Waals surface area contributed by atoms with Crippen LogP contribution in [-0.4, -0.2) is 12.8 Å². The summed E-state index contributed by atoms with van der Waals surface area (Å²) < 4.78 is 10.1. The molecule has 0 saturated heterocycles. The number of hydrogen-bond donors (Lipinski definition) is 0. The standard InChI is InChI=1S/C14H20O3/c1-5-10-16-13(15)17-12-9-7-6-8-11(12)14(2,3)4/h6-9H,5,10H2,1-4H3. The molecule has 1 aromatic carbocycles. The third kappa shape index (κ3) is 4.10. The fourth-order valence-corrected chi connectivity index (χ4v) is 1.48. The van der Waals surface area contributed by atoms with Gasteiger partial charge in [0.15, 0.2) is 0 Å². The highest BCUT2D eigenvalue weighted by atomic mass is 16.7. The van der Waals surface area contributed by atoms with Gasteiger partial charge in [-0.2, -0.15) is 0 Å². The first kappa shape index (κ1) is 13.6. The summed E-state index contributed by atoms with van der Waals surface area (Å²) in [7, 11) is 0. The maximum Gasteiger partial charge on any atom is 0.513 e. The molecule has 3 nitrogen and oxygen atoms in total. The minimum Gasteiger partial charge on any atom is -0.434 e. The monoisotopic (exact) mass is 236 g/mol. The van der Waals surface area contributed by atoms with Crippen LogP contribution in [0, 0.1) is 0 Å². The fraction of sp³-hybridized carbons (Fsp3) is 0.500. The Hall–Kier alpha value is -1.51. The Bertz CT molecular complexity index is 377. The van der Waals surface area contributed by atoms with Crippen molar-refractivity contribution in [2.75, 3.05) is 6.61 Å². The van der Waals surface area contributed by atoms with Crippen molar-refractivity contribution in [1.82, 2.24) is 0 Å². The number of carbonyl (C=O) groups excluding carboxylic acids is 1. The van der Waals surface area contributed by atoms with E-state index < -0.39 is 6.16 Å². The van der Waals surface area contributed by atoms with Gasteiger partial charge in [-0.25, -0.2) is 4.79 Å². The lowest BCUT2D eigenvalue weighted by Crippen LogP contribution is -2.17.